The molecule has 24 rings (SSSR count). The van der Waals surface area contributed by atoms with Gasteiger partial charge in [-0.25, -0.2) is 19.9 Å². The van der Waals surface area contributed by atoms with Crippen LogP contribution in [0.5, 0.6) is 0 Å². The Balaban J connectivity index is 0.0000000985. The molecule has 576 valence electrons. The highest BCUT2D eigenvalue weighted by Gasteiger charge is 2.29. The Morgan fingerprint density at radius 2 is 0.559 bits per heavy atom. The minimum absolute atomic E-state index is 0.0476. The average Bonchev–Trinajstić information content (AvgIpc) is 1.58. The number of aromatic nitrogens is 12. The number of para-hydroxylation sites is 10. The van der Waals surface area contributed by atoms with Crippen LogP contribution in [0.25, 0.3) is 198 Å². The van der Waals surface area contributed by atoms with Crippen molar-refractivity contribution in [3.8, 4) is 44.5 Å². The summed E-state index contributed by atoms with van der Waals surface area (Å²) in [6, 6.07) is 112. The van der Waals surface area contributed by atoms with E-state index in [1.165, 1.54) is 97.7 Å². The minimum Gasteiger partial charge on any atom is -0.456 e. The van der Waals surface area contributed by atoms with Crippen LogP contribution in [0.2, 0.25) is 0 Å². The van der Waals surface area contributed by atoms with E-state index in [-0.39, 0.29) is 22.2 Å². The molecule has 0 saturated heterocycles. The van der Waals surface area contributed by atoms with Gasteiger partial charge in [0.2, 0.25) is 23.1 Å². The van der Waals surface area contributed by atoms with Gasteiger partial charge in [0.15, 0.2) is 0 Å². The summed E-state index contributed by atoms with van der Waals surface area (Å²) in [5, 5.41) is 4.95. The van der Waals surface area contributed by atoms with E-state index in [1.54, 1.807) is 0 Å². The quantitative estimate of drug-likeness (QED) is 0.175. The molecule has 0 aliphatic heterocycles. The van der Waals surface area contributed by atoms with Crippen molar-refractivity contribution in [2.75, 3.05) is 0 Å². The van der Waals surface area contributed by atoms with Crippen molar-refractivity contribution in [1.82, 2.24) is 55.8 Å². The lowest BCUT2D eigenvalue weighted by molar-refractivity contribution is 0.418. The zero-order valence-corrected chi connectivity index (χ0v) is 69.0. The van der Waals surface area contributed by atoms with Gasteiger partial charge in [-0.15, -0.1) is 11.3 Å². The third kappa shape index (κ3) is 11.7. The summed E-state index contributed by atoms with van der Waals surface area (Å²) in [5.74, 6) is 3.97. The molecule has 0 unspecified atom stereocenters. The molecule has 0 amide bonds. The first-order valence-corrected chi connectivity index (χ1v) is 41.5. The van der Waals surface area contributed by atoms with Gasteiger partial charge >= 0.3 is 0 Å². The molecular formula is C104H88N12OS. The number of rotatable bonds is 4. The number of fused-ring (bicyclic) bond motifs is 26. The van der Waals surface area contributed by atoms with E-state index in [4.69, 9.17) is 24.4 Å². The first kappa shape index (κ1) is 71.9. The molecule has 0 bridgehead atoms. The molecule has 118 heavy (non-hydrogen) atoms. The highest BCUT2D eigenvalue weighted by Crippen LogP contribution is 2.43. The molecule has 0 saturated carbocycles. The lowest BCUT2D eigenvalue weighted by Gasteiger charge is -2.22. The number of benzene rings is 14. The monoisotopic (exact) mass is 1550 g/mol. The summed E-state index contributed by atoms with van der Waals surface area (Å²) in [6.07, 6.45) is 0. The highest BCUT2D eigenvalue weighted by molar-refractivity contribution is 7.25. The fraction of sp³-hybridized carbons (Fsp3) is 0.154. The first-order chi connectivity index (χ1) is 57.1. The van der Waals surface area contributed by atoms with Gasteiger partial charge in [-0.3, -0.25) is 17.6 Å². The fourth-order valence-corrected chi connectivity index (χ4v) is 19.2. The molecule has 0 atom stereocenters. The summed E-state index contributed by atoms with van der Waals surface area (Å²) in [6.45, 7) is 26.8. The third-order valence-electron chi connectivity index (χ3n) is 23.1. The maximum absolute atomic E-state index is 6.01. The van der Waals surface area contributed by atoms with Crippen LogP contribution in [0.3, 0.4) is 0 Å². The largest absolute Gasteiger partial charge is 0.456 e. The SMILES string of the molecule is CC(C)(C)n1c2ccccc2n2c3ccc(-c4ccc5oc6ccccc6c5c4)cc3nc12.CC(C)(C)n1c2ccccc2n2c3ccc(-c4ccc5sc6ccccc6c5c4)cc3nc12.CC(C)(C)n1c2ccccc2n2c3ccc(-c4ccccc4)cc3nc12.CC(C)(C)n1c2ccccc2n2c3cccc(-c4ccccc4)c3nc12. The van der Waals surface area contributed by atoms with E-state index in [0.717, 1.165) is 100 Å². The summed E-state index contributed by atoms with van der Waals surface area (Å²) in [4.78, 5) is 20.4. The number of furan rings is 1. The summed E-state index contributed by atoms with van der Waals surface area (Å²) in [5.41, 5.74) is 29.5. The van der Waals surface area contributed by atoms with Gasteiger partial charge < -0.3 is 22.7 Å². The van der Waals surface area contributed by atoms with Crippen LogP contribution in [0.4, 0.5) is 0 Å². The Bertz CT molecular complexity index is 7840. The second kappa shape index (κ2) is 26.9. The van der Waals surface area contributed by atoms with Gasteiger partial charge in [0, 0.05) is 58.7 Å². The molecule has 10 aromatic heterocycles. The minimum atomic E-state index is -0.0814. The fourth-order valence-electron chi connectivity index (χ4n) is 18.1. The normalized spacial score (nSPS) is 12.6. The molecule has 0 radical (unpaired) electrons. The van der Waals surface area contributed by atoms with E-state index in [1.807, 2.05) is 35.6 Å². The Morgan fingerprint density at radius 1 is 0.229 bits per heavy atom. The predicted octanol–water partition coefficient (Wildman–Crippen LogP) is 27.7. The van der Waals surface area contributed by atoms with Crippen molar-refractivity contribution in [1.29, 1.82) is 0 Å². The third-order valence-corrected chi connectivity index (χ3v) is 24.3. The molecule has 0 spiro atoms. The lowest BCUT2D eigenvalue weighted by Crippen LogP contribution is -2.21. The van der Waals surface area contributed by atoms with Gasteiger partial charge in [0.1, 0.15) is 11.2 Å². The van der Waals surface area contributed by atoms with Crippen molar-refractivity contribution in [2.24, 2.45) is 0 Å². The van der Waals surface area contributed by atoms with Crippen LogP contribution in [0.1, 0.15) is 83.1 Å². The summed E-state index contributed by atoms with van der Waals surface area (Å²) < 4.78 is 27.2. The zero-order valence-electron chi connectivity index (χ0n) is 68.2. The number of thiophene rings is 1. The van der Waals surface area contributed by atoms with E-state index in [2.05, 4.69) is 410 Å². The number of imidazole rings is 8. The molecule has 13 nitrogen and oxygen atoms in total. The molecule has 14 aromatic carbocycles. The van der Waals surface area contributed by atoms with E-state index >= 15 is 0 Å². The van der Waals surface area contributed by atoms with Crippen LogP contribution in [0, 0.1) is 0 Å². The molecule has 10 heterocycles. The van der Waals surface area contributed by atoms with Gasteiger partial charge in [-0.2, -0.15) is 0 Å². The smallest absolute Gasteiger partial charge is 0.216 e. The molecule has 0 fully saturated rings. The zero-order chi connectivity index (χ0) is 80.4. The van der Waals surface area contributed by atoms with Crippen LogP contribution < -0.4 is 0 Å². The van der Waals surface area contributed by atoms with Crippen molar-refractivity contribution in [3.05, 3.63) is 315 Å². The molecule has 0 aliphatic rings. The number of nitrogens with zero attached hydrogens (tertiary/aromatic N) is 12. The topological polar surface area (TPSA) is 102 Å². The van der Waals surface area contributed by atoms with Crippen LogP contribution in [0.15, 0.2) is 320 Å². The van der Waals surface area contributed by atoms with Gasteiger partial charge in [-0.05, 0) is 249 Å². The second-order valence-electron chi connectivity index (χ2n) is 35.1. The molecule has 0 aliphatic carbocycles. The van der Waals surface area contributed by atoms with Gasteiger partial charge in [-0.1, -0.05) is 188 Å². The average molecular weight is 1550 g/mol. The number of hydrogen-bond acceptors (Lipinski definition) is 6. The highest BCUT2D eigenvalue weighted by atomic mass is 32.1. The number of hydrogen-bond donors (Lipinski definition) is 0. The first-order valence-electron chi connectivity index (χ1n) is 40.7. The maximum atomic E-state index is 6.01. The van der Waals surface area contributed by atoms with Gasteiger partial charge in [0.05, 0.1) is 88.3 Å². The van der Waals surface area contributed by atoms with Crippen molar-refractivity contribution >= 4 is 165 Å². The maximum Gasteiger partial charge on any atom is 0.216 e. The molecule has 0 N–H and O–H groups in total. The Morgan fingerprint density at radius 3 is 1.03 bits per heavy atom. The molecule has 14 heteroatoms. The van der Waals surface area contributed by atoms with Crippen LogP contribution >= 0.6 is 11.3 Å². The van der Waals surface area contributed by atoms with Crippen molar-refractivity contribution < 1.29 is 4.42 Å². The summed E-state index contributed by atoms with van der Waals surface area (Å²) in [7, 11) is 0. The van der Waals surface area contributed by atoms with Crippen LogP contribution in [-0.2, 0) is 22.2 Å². The standard InChI is InChI=1S/C29H23N3O.C29H23N3S.2C23H21N3/c2*1-29(2,3)32-25-10-6-5-9-24(25)31-23-14-12-19(17-22(23)30-28(31)32)18-13-15-27-21(16-18)20-8-4-7-11-26(20)33-27;1-23(2,3)26-19-14-8-7-13-18(19)25-20-15-9-12-17(21(20)24-22(25)26)16-10-5-4-6-11-16;1-23(2,3)26-21-12-8-7-11-20(21)25-19-14-13-17(15-18(19)24-22(25)26)16-9-5-4-6-10-16/h2*4-17H,1-3H3;2*4-15H,1-3H3. The summed E-state index contributed by atoms with van der Waals surface area (Å²) >= 11 is 1.86. The van der Waals surface area contributed by atoms with Crippen molar-refractivity contribution in [3.63, 3.8) is 0 Å². The second-order valence-corrected chi connectivity index (χ2v) is 36.2. The molecular weight excluding hydrogens is 1470 g/mol. The van der Waals surface area contributed by atoms with E-state index in [9.17, 15) is 0 Å². The van der Waals surface area contributed by atoms with Crippen LogP contribution in [-0.4, -0.2) is 55.8 Å². The Hall–Kier alpha value is -13.8. The van der Waals surface area contributed by atoms with E-state index in [0.29, 0.717) is 0 Å². The Kier molecular flexibility index (Phi) is 16.4. The van der Waals surface area contributed by atoms with Crippen molar-refractivity contribution in [2.45, 2.75) is 105 Å². The van der Waals surface area contributed by atoms with E-state index < -0.39 is 0 Å². The Labute approximate surface area is 685 Å². The predicted molar refractivity (Wildman–Crippen MR) is 495 cm³/mol. The lowest BCUT2D eigenvalue weighted by atomic mass is 10.0. The van der Waals surface area contributed by atoms with Gasteiger partial charge in [0.25, 0.3) is 0 Å². The molecule has 24 aromatic rings.